The maximum Gasteiger partial charge on any atom is 0.231 e. The van der Waals surface area contributed by atoms with Gasteiger partial charge in [0.05, 0.1) is 5.39 Å². The summed E-state index contributed by atoms with van der Waals surface area (Å²) in [4.78, 5) is 23.8. The third-order valence-electron chi connectivity index (χ3n) is 5.77. The largest absolute Gasteiger partial charge is 0.443 e. The van der Waals surface area contributed by atoms with Gasteiger partial charge in [0.2, 0.25) is 11.6 Å². The highest BCUT2D eigenvalue weighted by Crippen LogP contribution is 2.32. The van der Waals surface area contributed by atoms with E-state index in [0.29, 0.717) is 5.71 Å². The molecule has 1 N–H and O–H groups in total. The summed E-state index contributed by atoms with van der Waals surface area (Å²) in [5, 5.41) is 4.12. The highest BCUT2D eigenvalue weighted by molar-refractivity contribution is 5.94. The van der Waals surface area contributed by atoms with Crippen LogP contribution >= 0.6 is 0 Å². The minimum Gasteiger partial charge on any atom is -0.443 e. The van der Waals surface area contributed by atoms with Crippen molar-refractivity contribution in [2.45, 2.75) is 40.0 Å². The van der Waals surface area contributed by atoms with Crippen LogP contribution in [0, 0.1) is 19.8 Å². The number of amides is 1. The Hall–Kier alpha value is -2.89. The van der Waals surface area contributed by atoms with E-state index in [2.05, 4.69) is 33.2 Å². The Morgan fingerprint density at radius 3 is 2.71 bits per heavy atom. The minimum absolute atomic E-state index is 0.0191. The molecule has 0 bridgehead atoms. The topological polar surface area (TPSA) is 71.3 Å². The summed E-state index contributed by atoms with van der Waals surface area (Å²) < 4.78 is 5.74. The predicted molar refractivity (Wildman–Crippen MR) is 111 cm³/mol. The second-order valence-electron chi connectivity index (χ2n) is 7.42. The molecule has 146 valence electrons. The smallest absolute Gasteiger partial charge is 0.231 e. The van der Waals surface area contributed by atoms with Crippen molar-refractivity contribution in [2.75, 3.05) is 23.3 Å². The lowest BCUT2D eigenvalue weighted by atomic mass is 9.95. The van der Waals surface area contributed by atoms with E-state index in [-0.39, 0.29) is 11.8 Å². The molecular formula is C22H26N4O2. The molecular weight excluding hydrogens is 352 g/mol. The van der Waals surface area contributed by atoms with Crippen molar-refractivity contribution in [2.24, 2.45) is 5.92 Å². The average molecular weight is 378 g/mol. The van der Waals surface area contributed by atoms with Gasteiger partial charge in [0.15, 0.2) is 0 Å². The standard InChI is InChI=1S/C22H26N4O2/c1-4-16-7-5-6-8-18(16)25-21(27)17-9-11-26(12-10-17)20-19-14(2)15(3)28-22(19)24-13-23-20/h5-8,13,17H,4,9-12H2,1-3H3,(H,25,27). The van der Waals surface area contributed by atoms with Gasteiger partial charge in [-0.25, -0.2) is 9.97 Å². The van der Waals surface area contributed by atoms with Crippen molar-refractivity contribution >= 4 is 28.5 Å². The van der Waals surface area contributed by atoms with Crippen LogP contribution in [0.15, 0.2) is 35.0 Å². The van der Waals surface area contributed by atoms with Crippen molar-refractivity contribution in [3.05, 3.63) is 47.5 Å². The normalized spacial score (nSPS) is 15.2. The van der Waals surface area contributed by atoms with Gasteiger partial charge in [0.1, 0.15) is 17.9 Å². The quantitative estimate of drug-likeness (QED) is 0.735. The van der Waals surface area contributed by atoms with Gasteiger partial charge >= 0.3 is 0 Å². The lowest BCUT2D eigenvalue weighted by Gasteiger charge is -2.32. The van der Waals surface area contributed by atoms with E-state index in [0.717, 1.165) is 60.6 Å². The second kappa shape index (κ2) is 7.62. The van der Waals surface area contributed by atoms with Gasteiger partial charge in [-0.3, -0.25) is 4.79 Å². The molecule has 1 aromatic carbocycles. The van der Waals surface area contributed by atoms with Gasteiger partial charge in [0, 0.05) is 30.3 Å². The molecule has 6 heteroatoms. The molecule has 0 spiro atoms. The molecule has 1 aliphatic heterocycles. The Morgan fingerprint density at radius 1 is 1.21 bits per heavy atom. The number of carbonyl (C=O) groups excluding carboxylic acids is 1. The highest BCUT2D eigenvalue weighted by Gasteiger charge is 2.28. The van der Waals surface area contributed by atoms with Crippen LogP contribution in [-0.2, 0) is 11.2 Å². The van der Waals surface area contributed by atoms with Crippen LogP contribution in [0.1, 0.15) is 36.7 Å². The zero-order valence-electron chi connectivity index (χ0n) is 16.7. The molecule has 28 heavy (non-hydrogen) atoms. The summed E-state index contributed by atoms with van der Waals surface area (Å²) in [6.07, 6.45) is 4.08. The van der Waals surface area contributed by atoms with Crippen molar-refractivity contribution in [3.8, 4) is 0 Å². The molecule has 3 heterocycles. The number of benzene rings is 1. The fourth-order valence-electron chi connectivity index (χ4n) is 3.94. The molecule has 6 nitrogen and oxygen atoms in total. The fourth-order valence-corrected chi connectivity index (χ4v) is 3.94. The summed E-state index contributed by atoms with van der Waals surface area (Å²) >= 11 is 0. The number of nitrogens with one attached hydrogen (secondary N) is 1. The summed E-state index contributed by atoms with van der Waals surface area (Å²) in [6.45, 7) is 7.68. The molecule has 0 saturated carbocycles. The van der Waals surface area contributed by atoms with Gasteiger partial charge in [-0.15, -0.1) is 0 Å². The number of furan rings is 1. The number of fused-ring (bicyclic) bond motifs is 1. The highest BCUT2D eigenvalue weighted by atomic mass is 16.3. The summed E-state index contributed by atoms with van der Waals surface area (Å²) in [5.41, 5.74) is 3.82. The number of carbonyl (C=O) groups is 1. The summed E-state index contributed by atoms with van der Waals surface area (Å²) in [6, 6.07) is 8.02. The van der Waals surface area contributed by atoms with Crippen LogP contribution in [0.3, 0.4) is 0 Å². The molecule has 0 aliphatic carbocycles. The molecule has 2 aromatic heterocycles. The third kappa shape index (κ3) is 3.35. The second-order valence-corrected chi connectivity index (χ2v) is 7.42. The monoisotopic (exact) mass is 378 g/mol. The molecule has 0 unspecified atom stereocenters. The minimum atomic E-state index is 0.0191. The zero-order valence-corrected chi connectivity index (χ0v) is 16.7. The average Bonchev–Trinajstić information content (AvgIpc) is 3.02. The number of nitrogens with zero attached hydrogens (tertiary/aromatic N) is 3. The summed E-state index contributed by atoms with van der Waals surface area (Å²) in [7, 11) is 0. The van der Waals surface area contributed by atoms with E-state index < -0.39 is 0 Å². The Kier molecular flexibility index (Phi) is 5.03. The number of anilines is 2. The van der Waals surface area contributed by atoms with Crippen LogP contribution in [0.5, 0.6) is 0 Å². The molecule has 0 radical (unpaired) electrons. The van der Waals surface area contributed by atoms with E-state index in [4.69, 9.17) is 4.42 Å². The zero-order chi connectivity index (χ0) is 19.7. The molecule has 1 aliphatic rings. The van der Waals surface area contributed by atoms with E-state index in [1.54, 1.807) is 6.33 Å². The first-order chi connectivity index (χ1) is 13.6. The first kappa shape index (κ1) is 18.5. The lowest BCUT2D eigenvalue weighted by Crippen LogP contribution is -2.38. The van der Waals surface area contributed by atoms with E-state index in [9.17, 15) is 4.79 Å². The number of hydrogen-bond donors (Lipinski definition) is 1. The Labute approximate surface area is 165 Å². The van der Waals surface area contributed by atoms with Crippen LogP contribution in [0.25, 0.3) is 11.1 Å². The van der Waals surface area contributed by atoms with Gasteiger partial charge in [-0.2, -0.15) is 0 Å². The number of aryl methyl sites for hydroxylation is 3. The molecule has 4 rings (SSSR count). The maximum absolute atomic E-state index is 12.8. The number of hydrogen-bond acceptors (Lipinski definition) is 5. The fraction of sp³-hybridized carbons (Fsp3) is 0.409. The van der Waals surface area contributed by atoms with Crippen molar-refractivity contribution in [3.63, 3.8) is 0 Å². The van der Waals surface area contributed by atoms with Crippen LogP contribution in [0.2, 0.25) is 0 Å². The Balaban J connectivity index is 1.46. The van der Waals surface area contributed by atoms with Crippen molar-refractivity contribution < 1.29 is 9.21 Å². The molecule has 1 amide bonds. The Morgan fingerprint density at radius 2 is 1.96 bits per heavy atom. The number of aromatic nitrogens is 2. The number of piperidine rings is 1. The van der Waals surface area contributed by atoms with Gasteiger partial charge < -0.3 is 14.6 Å². The van der Waals surface area contributed by atoms with Crippen LogP contribution in [0.4, 0.5) is 11.5 Å². The Bertz CT molecular complexity index is 1000. The van der Waals surface area contributed by atoms with E-state index in [1.165, 1.54) is 5.56 Å². The predicted octanol–water partition coefficient (Wildman–Crippen LogP) is 4.26. The van der Waals surface area contributed by atoms with Crippen LogP contribution < -0.4 is 10.2 Å². The first-order valence-electron chi connectivity index (χ1n) is 9.93. The molecule has 0 atom stereocenters. The van der Waals surface area contributed by atoms with Gasteiger partial charge in [-0.05, 0) is 44.7 Å². The van der Waals surface area contributed by atoms with E-state index >= 15 is 0 Å². The van der Waals surface area contributed by atoms with Crippen molar-refractivity contribution in [1.29, 1.82) is 0 Å². The first-order valence-corrected chi connectivity index (χ1v) is 9.93. The van der Waals surface area contributed by atoms with Gasteiger partial charge in [0.25, 0.3) is 0 Å². The molecule has 3 aromatic rings. The molecule has 1 saturated heterocycles. The van der Waals surface area contributed by atoms with Crippen LogP contribution in [-0.4, -0.2) is 29.0 Å². The molecule has 1 fully saturated rings. The maximum atomic E-state index is 12.8. The van der Waals surface area contributed by atoms with E-state index in [1.807, 2.05) is 32.0 Å². The number of rotatable bonds is 4. The summed E-state index contributed by atoms with van der Waals surface area (Å²) in [5.74, 6) is 1.92. The van der Waals surface area contributed by atoms with Crippen molar-refractivity contribution in [1.82, 2.24) is 9.97 Å². The third-order valence-corrected chi connectivity index (χ3v) is 5.77. The SMILES string of the molecule is CCc1ccccc1NC(=O)C1CCN(c2ncnc3oc(C)c(C)c23)CC1. The lowest BCUT2D eigenvalue weighted by molar-refractivity contribution is -0.120. The van der Waals surface area contributed by atoms with Gasteiger partial charge in [-0.1, -0.05) is 25.1 Å². The number of para-hydroxylation sites is 1.